The zero-order valence-corrected chi connectivity index (χ0v) is 16.5. The van der Waals surface area contributed by atoms with E-state index >= 15 is 0 Å². The summed E-state index contributed by atoms with van der Waals surface area (Å²) in [6.07, 6.45) is 4.70. The number of benzene rings is 2. The molecular weight excluding hydrogens is 371 g/mol. The minimum atomic E-state index is 0. The zero-order valence-electron chi connectivity index (χ0n) is 14.1. The highest BCUT2D eigenvalue weighted by Gasteiger charge is 2.15. The second kappa shape index (κ2) is 8.50. The molecule has 1 aromatic heterocycles. The van der Waals surface area contributed by atoms with Gasteiger partial charge in [-0.15, -0.1) is 23.7 Å². The summed E-state index contributed by atoms with van der Waals surface area (Å²) >= 11 is 7.84. The highest BCUT2D eigenvalue weighted by atomic mass is 35.5. The van der Waals surface area contributed by atoms with E-state index in [2.05, 4.69) is 35.2 Å². The number of unbranched alkanes of at least 4 members (excludes halogenated alkanes) is 1. The summed E-state index contributed by atoms with van der Waals surface area (Å²) in [5, 5.41) is 2.00. The fourth-order valence-corrected chi connectivity index (χ4v) is 4.57. The second-order valence-electron chi connectivity index (χ2n) is 6.47. The van der Waals surface area contributed by atoms with E-state index in [1.807, 2.05) is 12.1 Å². The molecule has 3 aromatic rings. The van der Waals surface area contributed by atoms with Crippen LogP contribution in [0.5, 0.6) is 0 Å². The molecule has 2 heterocycles. The lowest BCUT2D eigenvalue weighted by atomic mass is 10.00. The minimum absolute atomic E-state index is 0. The number of hydrogen-bond donors (Lipinski definition) is 0. The fraction of sp³-hybridized carbons (Fsp3) is 0.350. The Labute approximate surface area is 164 Å². The van der Waals surface area contributed by atoms with Gasteiger partial charge in [-0.3, -0.25) is 4.90 Å². The van der Waals surface area contributed by atoms with Gasteiger partial charge in [0.25, 0.3) is 0 Å². The molecule has 4 rings (SSSR count). The van der Waals surface area contributed by atoms with Crippen LogP contribution in [0.3, 0.4) is 0 Å². The normalized spacial score (nSPS) is 14.3. The van der Waals surface area contributed by atoms with Crippen LogP contribution in [0, 0.1) is 0 Å². The number of hydrogen-bond acceptors (Lipinski definition) is 3. The van der Waals surface area contributed by atoms with Crippen LogP contribution in [0.2, 0.25) is 5.02 Å². The van der Waals surface area contributed by atoms with Gasteiger partial charge in [-0.1, -0.05) is 35.9 Å². The first-order chi connectivity index (χ1) is 11.8. The lowest BCUT2D eigenvalue weighted by Gasteiger charge is -2.28. The van der Waals surface area contributed by atoms with Crippen molar-refractivity contribution in [2.45, 2.75) is 32.2 Å². The molecule has 1 aliphatic heterocycles. The van der Waals surface area contributed by atoms with Crippen LogP contribution < -0.4 is 0 Å². The van der Waals surface area contributed by atoms with Gasteiger partial charge in [-0.25, -0.2) is 4.98 Å². The number of halogens is 2. The van der Waals surface area contributed by atoms with Crippen LogP contribution in [0.4, 0.5) is 0 Å². The fourth-order valence-electron chi connectivity index (χ4n) is 3.41. The van der Waals surface area contributed by atoms with Crippen molar-refractivity contribution in [2.24, 2.45) is 0 Å². The molecular formula is C20H22Cl2N2S. The van der Waals surface area contributed by atoms with Gasteiger partial charge in [0.1, 0.15) is 0 Å². The molecule has 2 nitrogen and oxygen atoms in total. The Kier molecular flexibility index (Phi) is 6.34. The van der Waals surface area contributed by atoms with Crippen LogP contribution in [-0.2, 0) is 19.4 Å². The van der Waals surface area contributed by atoms with Gasteiger partial charge in [-0.05, 0) is 61.6 Å². The van der Waals surface area contributed by atoms with Crippen molar-refractivity contribution >= 4 is 45.6 Å². The Hall–Kier alpha value is -1.13. The van der Waals surface area contributed by atoms with E-state index in [1.54, 1.807) is 11.3 Å². The van der Waals surface area contributed by atoms with Gasteiger partial charge in [-0.2, -0.15) is 0 Å². The molecule has 0 aliphatic carbocycles. The van der Waals surface area contributed by atoms with Crippen LogP contribution in [0.25, 0.3) is 10.2 Å². The molecule has 5 heteroatoms. The Morgan fingerprint density at radius 1 is 1.08 bits per heavy atom. The summed E-state index contributed by atoms with van der Waals surface area (Å²) in [4.78, 5) is 7.29. The number of aromatic nitrogens is 1. The summed E-state index contributed by atoms with van der Waals surface area (Å²) in [7, 11) is 0. The van der Waals surface area contributed by atoms with Crippen molar-refractivity contribution in [3.05, 3.63) is 63.6 Å². The molecule has 0 atom stereocenters. The maximum Gasteiger partial charge on any atom is 0.0938 e. The molecule has 0 amide bonds. The summed E-state index contributed by atoms with van der Waals surface area (Å²) in [5.74, 6) is 0. The number of thiazole rings is 1. The van der Waals surface area contributed by atoms with Crippen molar-refractivity contribution in [1.29, 1.82) is 0 Å². The largest absolute Gasteiger partial charge is 0.299 e. The Bertz CT molecular complexity index is 847. The van der Waals surface area contributed by atoms with Gasteiger partial charge in [0.2, 0.25) is 0 Å². The lowest BCUT2D eigenvalue weighted by molar-refractivity contribution is 0.249. The Morgan fingerprint density at radius 3 is 2.80 bits per heavy atom. The van der Waals surface area contributed by atoms with Gasteiger partial charge >= 0.3 is 0 Å². The van der Waals surface area contributed by atoms with Crippen molar-refractivity contribution < 1.29 is 0 Å². The van der Waals surface area contributed by atoms with Gasteiger partial charge in [0, 0.05) is 18.1 Å². The van der Waals surface area contributed by atoms with Crippen LogP contribution in [0.15, 0.2) is 42.5 Å². The molecule has 0 unspecified atom stereocenters. The number of fused-ring (bicyclic) bond motifs is 2. The predicted octanol–water partition coefficient (Wildman–Crippen LogP) is 5.75. The molecule has 0 spiro atoms. The van der Waals surface area contributed by atoms with Crippen molar-refractivity contribution in [3.8, 4) is 0 Å². The average molecular weight is 393 g/mol. The summed E-state index contributed by atoms with van der Waals surface area (Å²) in [5.41, 5.74) is 4.07. The Morgan fingerprint density at radius 2 is 1.92 bits per heavy atom. The smallest absolute Gasteiger partial charge is 0.0938 e. The molecule has 25 heavy (non-hydrogen) atoms. The van der Waals surface area contributed by atoms with E-state index < -0.39 is 0 Å². The van der Waals surface area contributed by atoms with E-state index in [0.717, 1.165) is 23.5 Å². The van der Waals surface area contributed by atoms with Crippen molar-refractivity contribution in [3.63, 3.8) is 0 Å². The summed E-state index contributed by atoms with van der Waals surface area (Å²) in [6.45, 7) is 3.48. The van der Waals surface area contributed by atoms with E-state index in [0.29, 0.717) is 0 Å². The second-order valence-corrected chi connectivity index (χ2v) is 8.02. The highest BCUT2D eigenvalue weighted by Crippen LogP contribution is 2.26. The first kappa shape index (κ1) is 18.7. The predicted molar refractivity (Wildman–Crippen MR) is 110 cm³/mol. The molecule has 0 bridgehead atoms. The molecule has 0 fully saturated rings. The van der Waals surface area contributed by atoms with E-state index in [9.17, 15) is 0 Å². The Balaban J connectivity index is 0.00000182. The number of rotatable bonds is 5. The molecule has 1 aliphatic rings. The molecule has 0 radical (unpaired) electrons. The third-order valence-electron chi connectivity index (χ3n) is 4.72. The van der Waals surface area contributed by atoms with Gasteiger partial charge in [0.15, 0.2) is 0 Å². The first-order valence-electron chi connectivity index (χ1n) is 8.62. The quantitative estimate of drug-likeness (QED) is 0.513. The maximum absolute atomic E-state index is 6.04. The van der Waals surface area contributed by atoms with E-state index in [1.165, 1.54) is 53.2 Å². The molecule has 0 saturated heterocycles. The average Bonchev–Trinajstić information content (AvgIpc) is 3.00. The standard InChI is InChI=1S/C20H21ClN2S.ClH/c21-17-8-9-19-18(13-17)22-20(24-19)7-3-4-11-23-12-10-15-5-1-2-6-16(15)14-23;/h1-2,5-6,8-9,13H,3-4,7,10-12,14H2;1H. The third-order valence-corrected chi connectivity index (χ3v) is 6.05. The minimum Gasteiger partial charge on any atom is -0.299 e. The molecule has 0 saturated carbocycles. The van der Waals surface area contributed by atoms with E-state index in [-0.39, 0.29) is 12.4 Å². The van der Waals surface area contributed by atoms with Crippen molar-refractivity contribution in [2.75, 3.05) is 13.1 Å². The molecule has 0 N–H and O–H groups in total. The topological polar surface area (TPSA) is 16.1 Å². The van der Waals surface area contributed by atoms with Gasteiger partial charge in [0.05, 0.1) is 15.2 Å². The number of nitrogens with zero attached hydrogens (tertiary/aromatic N) is 2. The molecule has 132 valence electrons. The number of aryl methyl sites for hydroxylation is 1. The van der Waals surface area contributed by atoms with Crippen molar-refractivity contribution in [1.82, 2.24) is 9.88 Å². The third kappa shape index (κ3) is 4.53. The SMILES string of the molecule is Cl.Clc1ccc2sc(CCCCN3CCc4ccccc4C3)nc2c1. The molecule has 2 aromatic carbocycles. The lowest BCUT2D eigenvalue weighted by Crippen LogP contribution is -2.31. The highest BCUT2D eigenvalue weighted by molar-refractivity contribution is 7.18. The van der Waals surface area contributed by atoms with Crippen LogP contribution in [-0.4, -0.2) is 23.0 Å². The first-order valence-corrected chi connectivity index (χ1v) is 9.81. The van der Waals surface area contributed by atoms with E-state index in [4.69, 9.17) is 16.6 Å². The summed E-state index contributed by atoms with van der Waals surface area (Å²) in [6, 6.07) is 14.8. The zero-order chi connectivity index (χ0) is 16.4. The maximum atomic E-state index is 6.04. The monoisotopic (exact) mass is 392 g/mol. The van der Waals surface area contributed by atoms with Crippen LogP contribution >= 0.6 is 35.3 Å². The summed E-state index contributed by atoms with van der Waals surface area (Å²) < 4.78 is 1.24. The van der Waals surface area contributed by atoms with Crippen LogP contribution in [0.1, 0.15) is 29.0 Å². The van der Waals surface area contributed by atoms with Gasteiger partial charge < -0.3 is 0 Å².